The lowest BCUT2D eigenvalue weighted by Crippen LogP contribution is -1.94. The fourth-order valence-electron chi connectivity index (χ4n) is 2.32. The molecule has 3 rings (SSSR count). The number of benzene rings is 3. The van der Waals surface area contributed by atoms with Crippen molar-refractivity contribution < 1.29 is 4.39 Å². The summed E-state index contributed by atoms with van der Waals surface area (Å²) < 4.78 is 14.1. The number of halogens is 3. The summed E-state index contributed by atoms with van der Waals surface area (Å²) in [5.41, 5.74) is 2.22. The van der Waals surface area contributed by atoms with Gasteiger partial charge >= 0.3 is 0 Å². The van der Waals surface area contributed by atoms with Gasteiger partial charge in [0.25, 0.3) is 0 Å². The van der Waals surface area contributed by atoms with Gasteiger partial charge in [0.15, 0.2) is 0 Å². The highest BCUT2D eigenvalue weighted by Crippen LogP contribution is 2.37. The van der Waals surface area contributed by atoms with Gasteiger partial charge in [-0.3, -0.25) is 0 Å². The molecule has 0 saturated carbocycles. The number of rotatable bonds is 2. The quantitative estimate of drug-likeness (QED) is 0.453. The molecule has 3 heteroatoms. The minimum Gasteiger partial charge on any atom is -0.207 e. The summed E-state index contributed by atoms with van der Waals surface area (Å²) in [4.78, 5) is 0.0427. The van der Waals surface area contributed by atoms with Gasteiger partial charge in [-0.2, -0.15) is 0 Å². The number of alkyl halides is 1. The molecule has 0 bridgehead atoms. The zero-order chi connectivity index (χ0) is 14.1. The fraction of sp³-hybridized carbons (Fsp3) is 0.0588. The first kappa shape index (κ1) is 13.8. The van der Waals surface area contributed by atoms with Gasteiger partial charge in [-0.1, -0.05) is 74.3 Å². The van der Waals surface area contributed by atoms with Crippen molar-refractivity contribution in [1.29, 1.82) is 0 Å². The molecule has 100 valence electrons. The maximum absolute atomic E-state index is 13.0. The van der Waals surface area contributed by atoms with Gasteiger partial charge in [-0.15, -0.1) is 0 Å². The maximum Gasteiger partial charge on any atom is 0.123 e. The van der Waals surface area contributed by atoms with Crippen LogP contribution in [0.15, 0.2) is 65.1 Å². The molecule has 0 nitrogen and oxygen atoms in total. The Balaban J connectivity index is 2.14. The summed E-state index contributed by atoms with van der Waals surface area (Å²) in [5.74, 6) is -0.214. The van der Waals surface area contributed by atoms with Crippen molar-refractivity contribution in [2.24, 2.45) is 0 Å². The van der Waals surface area contributed by atoms with E-state index in [0.717, 1.165) is 10.0 Å². The third-order valence-electron chi connectivity index (χ3n) is 3.34. The summed E-state index contributed by atoms with van der Waals surface area (Å²) in [7, 11) is 0. The molecule has 0 heterocycles. The second-order valence-corrected chi connectivity index (χ2v) is 6.37. The van der Waals surface area contributed by atoms with E-state index >= 15 is 0 Å². The lowest BCUT2D eigenvalue weighted by atomic mass is 9.98. The standard InChI is InChI=1S/C17H11Br2F/c18-16-10-9-15(13-3-1-2-4-14(13)16)17(19)11-5-7-12(20)8-6-11/h1-10,17H. The van der Waals surface area contributed by atoms with E-state index in [1.165, 1.54) is 28.5 Å². The zero-order valence-corrected chi connectivity index (χ0v) is 13.7. The Morgan fingerprint density at radius 2 is 1.45 bits per heavy atom. The maximum atomic E-state index is 13.0. The molecule has 0 aliphatic rings. The van der Waals surface area contributed by atoms with Crippen LogP contribution in [-0.4, -0.2) is 0 Å². The predicted molar refractivity (Wildman–Crippen MR) is 88.8 cm³/mol. The second-order valence-electron chi connectivity index (χ2n) is 4.60. The molecule has 1 atom stereocenters. The Labute approximate surface area is 133 Å². The van der Waals surface area contributed by atoms with Gasteiger partial charge in [-0.05, 0) is 40.1 Å². The summed E-state index contributed by atoms with van der Waals surface area (Å²) in [6.07, 6.45) is 0. The fourth-order valence-corrected chi connectivity index (χ4v) is 3.50. The average Bonchev–Trinajstić information content (AvgIpc) is 2.48. The van der Waals surface area contributed by atoms with E-state index in [4.69, 9.17) is 0 Å². The van der Waals surface area contributed by atoms with E-state index in [-0.39, 0.29) is 10.6 Å². The van der Waals surface area contributed by atoms with Crippen molar-refractivity contribution in [3.05, 3.63) is 82.1 Å². The van der Waals surface area contributed by atoms with Crippen LogP contribution in [0.4, 0.5) is 4.39 Å². The lowest BCUT2D eigenvalue weighted by Gasteiger charge is -2.14. The second kappa shape index (κ2) is 5.66. The third-order valence-corrected chi connectivity index (χ3v) is 5.05. The van der Waals surface area contributed by atoms with E-state index in [9.17, 15) is 4.39 Å². The minimum absolute atomic E-state index is 0.0427. The van der Waals surface area contributed by atoms with Crippen molar-refractivity contribution >= 4 is 42.6 Å². The van der Waals surface area contributed by atoms with Crippen molar-refractivity contribution in [1.82, 2.24) is 0 Å². The molecular formula is C17H11Br2F. The van der Waals surface area contributed by atoms with Crippen molar-refractivity contribution in [3.63, 3.8) is 0 Å². The highest BCUT2D eigenvalue weighted by molar-refractivity contribution is 9.10. The van der Waals surface area contributed by atoms with Crippen LogP contribution in [0.5, 0.6) is 0 Å². The van der Waals surface area contributed by atoms with Crippen LogP contribution < -0.4 is 0 Å². The van der Waals surface area contributed by atoms with Crippen LogP contribution in [-0.2, 0) is 0 Å². The molecule has 0 aromatic heterocycles. The normalized spacial score (nSPS) is 12.6. The number of hydrogen-bond acceptors (Lipinski definition) is 0. The Morgan fingerprint density at radius 3 is 2.15 bits per heavy atom. The molecule has 0 aliphatic heterocycles. The van der Waals surface area contributed by atoms with Gasteiger partial charge in [-0.25, -0.2) is 4.39 Å². The smallest absolute Gasteiger partial charge is 0.123 e. The monoisotopic (exact) mass is 392 g/mol. The molecule has 1 unspecified atom stereocenters. The Hall–Kier alpha value is -1.19. The van der Waals surface area contributed by atoms with Gasteiger partial charge < -0.3 is 0 Å². The molecule has 3 aromatic carbocycles. The summed E-state index contributed by atoms with van der Waals surface area (Å²) >= 11 is 7.31. The summed E-state index contributed by atoms with van der Waals surface area (Å²) in [6.45, 7) is 0. The van der Waals surface area contributed by atoms with Crippen LogP contribution in [0, 0.1) is 5.82 Å². The van der Waals surface area contributed by atoms with E-state index in [1.54, 1.807) is 0 Å². The molecule has 3 aromatic rings. The average molecular weight is 394 g/mol. The van der Waals surface area contributed by atoms with E-state index in [2.05, 4.69) is 56.1 Å². The third kappa shape index (κ3) is 2.52. The molecule has 0 radical (unpaired) electrons. The van der Waals surface area contributed by atoms with E-state index < -0.39 is 0 Å². The highest BCUT2D eigenvalue weighted by atomic mass is 79.9. The molecule has 0 aliphatic carbocycles. The highest BCUT2D eigenvalue weighted by Gasteiger charge is 2.14. The summed E-state index contributed by atoms with van der Waals surface area (Å²) in [5, 5.41) is 2.37. The largest absolute Gasteiger partial charge is 0.207 e. The predicted octanol–water partition coefficient (Wildman–Crippen LogP) is 6.23. The number of hydrogen-bond donors (Lipinski definition) is 0. The van der Waals surface area contributed by atoms with Crippen LogP contribution in [0.1, 0.15) is 16.0 Å². The van der Waals surface area contributed by atoms with Crippen molar-refractivity contribution in [2.45, 2.75) is 4.83 Å². The Bertz CT molecular complexity index is 751. The van der Waals surface area contributed by atoms with Crippen molar-refractivity contribution in [3.8, 4) is 0 Å². The van der Waals surface area contributed by atoms with Crippen molar-refractivity contribution in [2.75, 3.05) is 0 Å². The van der Waals surface area contributed by atoms with Gasteiger partial charge in [0.2, 0.25) is 0 Å². The Morgan fingerprint density at radius 1 is 0.800 bits per heavy atom. The molecule has 0 amide bonds. The first-order valence-corrected chi connectivity index (χ1v) is 7.94. The van der Waals surface area contributed by atoms with E-state index in [0.29, 0.717) is 0 Å². The topological polar surface area (TPSA) is 0 Å². The Kier molecular flexibility index (Phi) is 3.90. The van der Waals surface area contributed by atoms with Gasteiger partial charge in [0.1, 0.15) is 5.82 Å². The molecule has 0 N–H and O–H groups in total. The van der Waals surface area contributed by atoms with Crippen LogP contribution in [0.3, 0.4) is 0 Å². The SMILES string of the molecule is Fc1ccc(C(Br)c2ccc(Br)c3ccccc23)cc1. The van der Waals surface area contributed by atoms with Gasteiger partial charge in [0.05, 0.1) is 4.83 Å². The van der Waals surface area contributed by atoms with Crippen LogP contribution >= 0.6 is 31.9 Å². The first-order valence-electron chi connectivity index (χ1n) is 6.23. The van der Waals surface area contributed by atoms with E-state index in [1.807, 2.05) is 24.3 Å². The van der Waals surface area contributed by atoms with Gasteiger partial charge in [0, 0.05) is 4.47 Å². The number of fused-ring (bicyclic) bond motifs is 1. The summed E-state index contributed by atoms with van der Waals surface area (Å²) in [6, 6.07) is 19.0. The minimum atomic E-state index is -0.214. The first-order chi connectivity index (χ1) is 9.66. The molecule has 0 fully saturated rings. The molecule has 0 spiro atoms. The lowest BCUT2D eigenvalue weighted by molar-refractivity contribution is 0.627. The zero-order valence-electron chi connectivity index (χ0n) is 10.5. The molecule has 20 heavy (non-hydrogen) atoms. The molecule has 0 saturated heterocycles. The van der Waals surface area contributed by atoms with Crippen LogP contribution in [0.25, 0.3) is 10.8 Å². The van der Waals surface area contributed by atoms with Crippen LogP contribution in [0.2, 0.25) is 0 Å². The molecular weight excluding hydrogens is 383 g/mol.